The van der Waals surface area contributed by atoms with Crippen LogP contribution < -0.4 is 4.72 Å². The van der Waals surface area contributed by atoms with Crippen molar-refractivity contribution in [2.75, 3.05) is 24.3 Å². The van der Waals surface area contributed by atoms with E-state index in [0.29, 0.717) is 12.5 Å². The van der Waals surface area contributed by atoms with Crippen molar-refractivity contribution in [3.05, 3.63) is 0 Å². The maximum Gasteiger partial charge on any atom is 0.212 e. The Morgan fingerprint density at radius 1 is 1.25 bits per heavy atom. The monoisotopic (exact) mass is 333 g/mol. The molecular formula is C8H16BrNO4S2. The van der Waals surface area contributed by atoms with Crippen LogP contribution in [0.3, 0.4) is 0 Å². The topological polar surface area (TPSA) is 80.3 Å². The Hall–Kier alpha value is 0.340. The second-order valence-corrected chi connectivity index (χ2v) is 9.51. The molecule has 0 heterocycles. The summed E-state index contributed by atoms with van der Waals surface area (Å²) >= 11 is 3.40. The number of hydrogen-bond donors (Lipinski definition) is 1. The van der Waals surface area contributed by atoms with Crippen LogP contribution in [0.1, 0.15) is 12.8 Å². The first kappa shape index (κ1) is 14.4. The Morgan fingerprint density at radius 3 is 2.25 bits per heavy atom. The van der Waals surface area contributed by atoms with E-state index in [9.17, 15) is 16.8 Å². The fourth-order valence-electron chi connectivity index (χ4n) is 1.16. The molecule has 0 saturated heterocycles. The van der Waals surface area contributed by atoms with Crippen molar-refractivity contribution in [1.82, 2.24) is 4.72 Å². The zero-order chi connectivity index (χ0) is 12.4. The Bertz CT molecular complexity index is 427. The van der Waals surface area contributed by atoms with Gasteiger partial charge < -0.3 is 0 Å². The van der Waals surface area contributed by atoms with E-state index in [2.05, 4.69) is 20.7 Å². The Morgan fingerprint density at radius 2 is 1.81 bits per heavy atom. The van der Waals surface area contributed by atoms with Crippen molar-refractivity contribution in [2.24, 2.45) is 5.92 Å². The highest BCUT2D eigenvalue weighted by molar-refractivity contribution is 9.09. The maximum absolute atomic E-state index is 11.4. The smallest absolute Gasteiger partial charge is 0.212 e. The Labute approximate surface area is 105 Å². The minimum atomic E-state index is -3.47. The molecule has 16 heavy (non-hydrogen) atoms. The van der Waals surface area contributed by atoms with E-state index in [1.54, 1.807) is 0 Å². The number of alkyl halides is 1. The standard InChI is InChI=1S/C8H16BrNO4S2/c1-15(11,12)4-5-16(13,14)10-6-8(9)7-2-3-7/h7-8,10H,2-6H2,1H3. The van der Waals surface area contributed by atoms with Crippen molar-refractivity contribution in [1.29, 1.82) is 0 Å². The average molecular weight is 334 g/mol. The lowest BCUT2D eigenvalue weighted by atomic mass is 10.3. The van der Waals surface area contributed by atoms with Crippen molar-refractivity contribution < 1.29 is 16.8 Å². The van der Waals surface area contributed by atoms with Gasteiger partial charge in [-0.15, -0.1) is 0 Å². The highest BCUT2D eigenvalue weighted by Gasteiger charge is 2.30. The van der Waals surface area contributed by atoms with Crippen LogP contribution in [0.5, 0.6) is 0 Å². The predicted molar refractivity (Wildman–Crippen MR) is 66.9 cm³/mol. The number of sulfone groups is 1. The van der Waals surface area contributed by atoms with Gasteiger partial charge in [0.2, 0.25) is 10.0 Å². The van der Waals surface area contributed by atoms with Gasteiger partial charge in [-0.1, -0.05) is 15.9 Å². The van der Waals surface area contributed by atoms with Crippen LogP contribution in [-0.2, 0) is 19.9 Å². The number of rotatable bonds is 7. The van der Waals surface area contributed by atoms with Gasteiger partial charge in [0.1, 0.15) is 9.84 Å². The molecule has 1 rings (SSSR count). The lowest BCUT2D eigenvalue weighted by Gasteiger charge is -2.10. The average Bonchev–Trinajstić information content (AvgIpc) is 2.93. The van der Waals surface area contributed by atoms with Crippen LogP contribution in [0.25, 0.3) is 0 Å². The number of sulfonamides is 1. The molecule has 8 heteroatoms. The molecule has 1 aliphatic rings. The van der Waals surface area contributed by atoms with E-state index in [1.165, 1.54) is 0 Å². The Balaban J connectivity index is 2.33. The van der Waals surface area contributed by atoms with Crippen LogP contribution in [0.2, 0.25) is 0 Å². The van der Waals surface area contributed by atoms with E-state index >= 15 is 0 Å². The third-order valence-corrected chi connectivity index (χ3v) is 5.98. The fraction of sp³-hybridized carbons (Fsp3) is 1.00. The SMILES string of the molecule is CS(=O)(=O)CCS(=O)(=O)NCC(Br)C1CC1. The summed E-state index contributed by atoms with van der Waals surface area (Å²) in [5.41, 5.74) is 0. The summed E-state index contributed by atoms with van der Waals surface area (Å²) in [6.45, 7) is 0.330. The molecule has 0 aromatic carbocycles. The molecule has 0 aromatic rings. The summed E-state index contributed by atoms with van der Waals surface area (Å²) in [5.74, 6) is -0.146. The quantitative estimate of drug-likeness (QED) is 0.671. The first-order chi connectivity index (χ1) is 7.20. The maximum atomic E-state index is 11.4. The molecule has 5 nitrogen and oxygen atoms in total. The van der Waals surface area contributed by atoms with Gasteiger partial charge in [0, 0.05) is 17.6 Å². The molecule has 0 aliphatic heterocycles. The van der Waals surface area contributed by atoms with Crippen molar-refractivity contribution >= 4 is 35.8 Å². The minimum absolute atomic E-state index is 0.153. The van der Waals surface area contributed by atoms with Gasteiger partial charge in [-0.25, -0.2) is 21.6 Å². The predicted octanol–water partition coefficient (Wildman–Crippen LogP) is 0.124. The highest BCUT2D eigenvalue weighted by atomic mass is 79.9. The summed E-state index contributed by atoms with van der Waals surface area (Å²) in [6.07, 6.45) is 3.28. The van der Waals surface area contributed by atoms with Gasteiger partial charge >= 0.3 is 0 Å². The third kappa shape index (κ3) is 6.17. The van der Waals surface area contributed by atoms with Gasteiger partial charge in [-0.3, -0.25) is 0 Å². The van der Waals surface area contributed by atoms with Crippen LogP contribution in [0.15, 0.2) is 0 Å². The molecule has 1 N–H and O–H groups in total. The van der Waals surface area contributed by atoms with Crippen molar-refractivity contribution in [2.45, 2.75) is 17.7 Å². The van der Waals surface area contributed by atoms with Gasteiger partial charge in [0.05, 0.1) is 11.5 Å². The zero-order valence-electron chi connectivity index (χ0n) is 9.02. The minimum Gasteiger partial charge on any atom is -0.229 e. The fourth-order valence-corrected chi connectivity index (χ4v) is 4.74. The molecule has 0 spiro atoms. The van der Waals surface area contributed by atoms with Gasteiger partial charge in [0.25, 0.3) is 0 Å². The van der Waals surface area contributed by atoms with Crippen molar-refractivity contribution in [3.8, 4) is 0 Å². The van der Waals surface area contributed by atoms with E-state index < -0.39 is 19.9 Å². The number of halogens is 1. The molecule has 0 aromatic heterocycles. The normalized spacial score (nSPS) is 19.6. The molecular weight excluding hydrogens is 318 g/mol. The lowest BCUT2D eigenvalue weighted by molar-refractivity contribution is 0.575. The molecule has 96 valence electrons. The summed E-state index contributed by atoms with van der Waals surface area (Å²) in [7, 11) is -6.71. The van der Waals surface area contributed by atoms with E-state index in [-0.39, 0.29) is 16.3 Å². The molecule has 1 fully saturated rings. The zero-order valence-corrected chi connectivity index (χ0v) is 12.2. The van der Waals surface area contributed by atoms with E-state index in [0.717, 1.165) is 19.1 Å². The lowest BCUT2D eigenvalue weighted by Crippen LogP contribution is -2.34. The Kier molecular flexibility index (Phi) is 4.79. The third-order valence-electron chi connectivity index (χ3n) is 2.35. The summed E-state index contributed by atoms with van der Waals surface area (Å²) in [5, 5.41) is 0. The molecule has 1 atom stereocenters. The van der Waals surface area contributed by atoms with Crippen LogP contribution >= 0.6 is 15.9 Å². The second kappa shape index (κ2) is 5.32. The summed E-state index contributed by atoms with van der Waals surface area (Å²) in [4.78, 5) is 0.153. The van der Waals surface area contributed by atoms with Crippen LogP contribution in [-0.4, -0.2) is 46.0 Å². The molecule has 0 radical (unpaired) electrons. The van der Waals surface area contributed by atoms with E-state index in [1.807, 2.05) is 0 Å². The molecule has 1 saturated carbocycles. The van der Waals surface area contributed by atoms with Gasteiger partial charge in [0.15, 0.2) is 0 Å². The molecule has 0 bridgehead atoms. The molecule has 1 unspecified atom stereocenters. The van der Waals surface area contributed by atoms with Crippen LogP contribution in [0, 0.1) is 5.92 Å². The summed E-state index contributed by atoms with van der Waals surface area (Å²) in [6, 6.07) is 0. The summed E-state index contributed by atoms with van der Waals surface area (Å²) < 4.78 is 46.9. The van der Waals surface area contributed by atoms with Crippen LogP contribution in [0.4, 0.5) is 0 Å². The largest absolute Gasteiger partial charge is 0.229 e. The number of hydrogen-bond acceptors (Lipinski definition) is 4. The highest BCUT2D eigenvalue weighted by Crippen LogP contribution is 2.36. The van der Waals surface area contributed by atoms with Gasteiger partial charge in [-0.2, -0.15) is 0 Å². The van der Waals surface area contributed by atoms with Crippen molar-refractivity contribution in [3.63, 3.8) is 0 Å². The molecule has 0 amide bonds. The molecule has 1 aliphatic carbocycles. The number of nitrogens with one attached hydrogen (secondary N) is 1. The first-order valence-electron chi connectivity index (χ1n) is 4.99. The first-order valence-corrected chi connectivity index (χ1v) is 9.61. The van der Waals surface area contributed by atoms with E-state index in [4.69, 9.17) is 0 Å². The second-order valence-electron chi connectivity index (χ2n) is 4.15. The van der Waals surface area contributed by atoms with Gasteiger partial charge in [-0.05, 0) is 18.8 Å².